The normalized spacial score (nSPS) is 15.0. The van der Waals surface area contributed by atoms with E-state index in [4.69, 9.17) is 0 Å². The Hall–Kier alpha value is -4.19. The number of rotatable bonds is 6. The average Bonchev–Trinajstić information content (AvgIpc) is 2.81. The minimum absolute atomic E-state index is 0.205. The highest BCUT2D eigenvalue weighted by Crippen LogP contribution is 2.21. The lowest BCUT2D eigenvalue weighted by Gasteiger charge is -2.24. The van der Waals surface area contributed by atoms with Crippen LogP contribution in [0.3, 0.4) is 0 Å². The first-order valence-electron chi connectivity index (χ1n) is 10.3. The molecular weight excluding hydrogens is 402 g/mol. The van der Waals surface area contributed by atoms with Crippen molar-refractivity contribution in [1.29, 1.82) is 0 Å². The number of hydrogen-bond acceptors (Lipinski definition) is 5. The van der Waals surface area contributed by atoms with Crippen LogP contribution in [0.2, 0.25) is 0 Å². The lowest BCUT2D eigenvalue weighted by atomic mass is 9.91. The smallest absolute Gasteiger partial charge is 0.247 e. The zero-order valence-corrected chi connectivity index (χ0v) is 17.6. The molecule has 3 N–H and O–H groups in total. The van der Waals surface area contributed by atoms with Crippen molar-refractivity contribution < 1.29 is 14.8 Å². The Bertz CT molecular complexity index is 1220. The molecule has 160 valence electrons. The summed E-state index contributed by atoms with van der Waals surface area (Å²) in [5.74, 6) is -0.524. The van der Waals surface area contributed by atoms with Gasteiger partial charge in [-0.05, 0) is 36.3 Å². The number of hydrogen-bond donors (Lipinski definition) is 3. The largest absolute Gasteiger partial charge is 0.410 e. The molecule has 0 fully saturated rings. The van der Waals surface area contributed by atoms with Crippen molar-refractivity contribution in [2.45, 2.75) is 19.4 Å². The van der Waals surface area contributed by atoms with E-state index in [1.54, 1.807) is 24.3 Å². The van der Waals surface area contributed by atoms with Crippen molar-refractivity contribution >= 4 is 23.1 Å². The van der Waals surface area contributed by atoms with Gasteiger partial charge < -0.3 is 15.8 Å². The third-order valence-corrected chi connectivity index (χ3v) is 5.30. The van der Waals surface area contributed by atoms with Gasteiger partial charge in [0.1, 0.15) is 11.8 Å². The van der Waals surface area contributed by atoms with Crippen LogP contribution in [0.4, 0.5) is 5.69 Å². The second-order valence-electron chi connectivity index (χ2n) is 7.66. The molecule has 0 aliphatic heterocycles. The highest BCUT2D eigenvalue weighted by atomic mass is 16.4. The van der Waals surface area contributed by atoms with Gasteiger partial charge in [0.25, 0.3) is 0 Å². The molecule has 0 bridgehead atoms. The van der Waals surface area contributed by atoms with Crippen LogP contribution in [0, 0.1) is 6.92 Å². The highest BCUT2D eigenvalue weighted by molar-refractivity contribution is 6.26. The van der Waals surface area contributed by atoms with E-state index in [-0.39, 0.29) is 23.1 Å². The van der Waals surface area contributed by atoms with Gasteiger partial charge in [0.2, 0.25) is 11.7 Å². The summed E-state index contributed by atoms with van der Waals surface area (Å²) in [6.07, 6.45) is 1.85. The fourth-order valence-corrected chi connectivity index (χ4v) is 3.72. The molecule has 0 saturated carbocycles. The highest BCUT2D eigenvalue weighted by Gasteiger charge is 2.28. The molecule has 1 aliphatic carbocycles. The molecule has 0 saturated heterocycles. The van der Waals surface area contributed by atoms with E-state index in [0.717, 1.165) is 11.1 Å². The molecule has 0 heterocycles. The summed E-state index contributed by atoms with van der Waals surface area (Å²) in [7, 11) is 0. The monoisotopic (exact) mass is 425 g/mol. The SMILES string of the molecule is Cc1cccc(NC(=O)[C@@H](Cc2ccccc2)NC2=CC(=NO)c3ccccc3C2=O)c1. The number of nitrogens with zero attached hydrogens (tertiary/aromatic N) is 1. The molecule has 0 unspecified atom stereocenters. The first kappa shape index (κ1) is 21.1. The number of allylic oxidation sites excluding steroid dienone is 2. The van der Waals surface area contributed by atoms with Crippen LogP contribution >= 0.6 is 0 Å². The van der Waals surface area contributed by atoms with Crippen LogP contribution in [0.15, 0.2) is 95.8 Å². The summed E-state index contributed by atoms with van der Waals surface area (Å²) in [5, 5.41) is 18.8. The molecular formula is C26H23N3O3. The van der Waals surface area contributed by atoms with Crippen molar-refractivity contribution in [3.8, 4) is 0 Å². The van der Waals surface area contributed by atoms with Gasteiger partial charge in [-0.25, -0.2) is 0 Å². The molecule has 0 spiro atoms. The molecule has 3 aromatic carbocycles. The Balaban J connectivity index is 1.63. The molecule has 1 aliphatic rings. The number of fused-ring (bicyclic) bond motifs is 1. The van der Waals surface area contributed by atoms with Crippen molar-refractivity contribution in [2.24, 2.45) is 5.16 Å². The fraction of sp³-hybridized carbons (Fsp3) is 0.115. The standard InChI is InChI=1S/C26H23N3O3/c1-17-8-7-11-19(14-17)27-26(31)24(15-18-9-3-2-4-10-18)28-23-16-22(29-32)20-12-5-6-13-21(20)25(23)30/h2-14,16,24,28,32H,15H2,1H3,(H,27,31)/t24-/m1/s1. The van der Waals surface area contributed by atoms with E-state index in [1.807, 2.05) is 61.5 Å². The van der Waals surface area contributed by atoms with Crippen LogP contribution < -0.4 is 10.6 Å². The van der Waals surface area contributed by atoms with Crippen LogP contribution in [-0.4, -0.2) is 28.7 Å². The van der Waals surface area contributed by atoms with Crippen molar-refractivity contribution in [3.63, 3.8) is 0 Å². The zero-order chi connectivity index (χ0) is 22.5. The van der Waals surface area contributed by atoms with Crippen LogP contribution in [0.1, 0.15) is 27.0 Å². The van der Waals surface area contributed by atoms with Gasteiger partial charge in [-0.2, -0.15) is 0 Å². The van der Waals surface area contributed by atoms with E-state index in [0.29, 0.717) is 23.2 Å². The number of aryl methyl sites for hydroxylation is 1. The minimum Gasteiger partial charge on any atom is -0.410 e. The van der Waals surface area contributed by atoms with E-state index in [9.17, 15) is 14.8 Å². The maximum absolute atomic E-state index is 13.2. The Labute approximate surface area is 186 Å². The fourth-order valence-electron chi connectivity index (χ4n) is 3.72. The Morgan fingerprint density at radius 3 is 2.41 bits per heavy atom. The van der Waals surface area contributed by atoms with Gasteiger partial charge in [0.15, 0.2) is 0 Å². The van der Waals surface area contributed by atoms with Gasteiger partial charge in [0.05, 0.1) is 5.70 Å². The Kier molecular flexibility index (Phi) is 6.12. The summed E-state index contributed by atoms with van der Waals surface area (Å²) < 4.78 is 0. The first-order valence-corrected chi connectivity index (χ1v) is 10.3. The van der Waals surface area contributed by atoms with E-state index < -0.39 is 6.04 Å². The van der Waals surface area contributed by atoms with Crippen molar-refractivity contribution in [1.82, 2.24) is 5.32 Å². The minimum atomic E-state index is -0.724. The maximum Gasteiger partial charge on any atom is 0.247 e. The Morgan fingerprint density at radius 1 is 0.969 bits per heavy atom. The number of ketones is 1. The van der Waals surface area contributed by atoms with E-state index >= 15 is 0 Å². The van der Waals surface area contributed by atoms with Gasteiger partial charge >= 0.3 is 0 Å². The number of benzene rings is 3. The topological polar surface area (TPSA) is 90.8 Å². The number of Topliss-reactive ketones (excluding diaryl/α,β-unsaturated/α-hetero) is 1. The van der Waals surface area contributed by atoms with Crippen molar-refractivity contribution in [3.05, 3.63) is 113 Å². The molecule has 6 heteroatoms. The summed E-state index contributed by atoms with van der Waals surface area (Å²) in [5.41, 5.74) is 4.10. The summed E-state index contributed by atoms with van der Waals surface area (Å²) >= 11 is 0. The summed E-state index contributed by atoms with van der Waals surface area (Å²) in [6.45, 7) is 1.95. The van der Waals surface area contributed by atoms with Crippen LogP contribution in [0.25, 0.3) is 0 Å². The molecule has 4 rings (SSSR count). The number of oxime groups is 1. The van der Waals surface area contributed by atoms with Gasteiger partial charge in [0, 0.05) is 23.2 Å². The first-order chi connectivity index (χ1) is 15.5. The molecule has 1 amide bonds. The summed E-state index contributed by atoms with van der Waals surface area (Å²) in [6, 6.07) is 23.3. The van der Waals surface area contributed by atoms with Gasteiger partial charge in [-0.15, -0.1) is 0 Å². The number of nitrogens with one attached hydrogen (secondary N) is 2. The number of carbonyl (C=O) groups is 2. The van der Waals surface area contributed by atoms with Gasteiger partial charge in [-0.1, -0.05) is 71.9 Å². The van der Waals surface area contributed by atoms with Crippen molar-refractivity contribution in [2.75, 3.05) is 5.32 Å². The number of amides is 1. The molecule has 3 aromatic rings. The molecule has 6 nitrogen and oxygen atoms in total. The third kappa shape index (κ3) is 4.59. The van der Waals surface area contributed by atoms with E-state index in [2.05, 4.69) is 15.8 Å². The molecule has 0 radical (unpaired) electrons. The second-order valence-corrected chi connectivity index (χ2v) is 7.66. The number of carbonyl (C=O) groups excluding carboxylic acids is 2. The molecule has 0 aromatic heterocycles. The number of anilines is 1. The molecule has 32 heavy (non-hydrogen) atoms. The predicted octanol–water partition coefficient (Wildman–Crippen LogP) is 4.09. The van der Waals surface area contributed by atoms with Crippen LogP contribution in [0.5, 0.6) is 0 Å². The Morgan fingerprint density at radius 2 is 1.69 bits per heavy atom. The average molecular weight is 425 g/mol. The lowest BCUT2D eigenvalue weighted by molar-refractivity contribution is -0.117. The zero-order valence-electron chi connectivity index (χ0n) is 17.6. The third-order valence-electron chi connectivity index (χ3n) is 5.30. The molecule has 1 atom stereocenters. The van der Waals surface area contributed by atoms with Gasteiger partial charge in [-0.3, -0.25) is 9.59 Å². The quantitative estimate of drug-likeness (QED) is 0.410. The van der Waals surface area contributed by atoms with E-state index in [1.165, 1.54) is 6.08 Å². The second kappa shape index (κ2) is 9.31. The lowest BCUT2D eigenvalue weighted by Crippen LogP contribution is -2.44. The van der Waals surface area contributed by atoms with Crippen LogP contribution in [-0.2, 0) is 11.2 Å². The maximum atomic E-state index is 13.2. The summed E-state index contributed by atoms with van der Waals surface area (Å²) in [4.78, 5) is 26.3. The predicted molar refractivity (Wildman–Crippen MR) is 124 cm³/mol.